The summed E-state index contributed by atoms with van der Waals surface area (Å²) in [5, 5.41) is 3.00. The van der Waals surface area contributed by atoms with Gasteiger partial charge in [-0.15, -0.1) is 0 Å². The average Bonchev–Trinajstić information content (AvgIpc) is 2.57. The minimum absolute atomic E-state index is 0.0225. The van der Waals surface area contributed by atoms with Crippen LogP contribution >= 0.6 is 0 Å². The van der Waals surface area contributed by atoms with Crippen LogP contribution in [0.15, 0.2) is 42.6 Å². The van der Waals surface area contributed by atoms with Gasteiger partial charge in [-0.05, 0) is 63.1 Å². The third-order valence-corrected chi connectivity index (χ3v) is 3.95. The van der Waals surface area contributed by atoms with E-state index in [1.165, 1.54) is 5.69 Å². The molecule has 23 heavy (non-hydrogen) atoms. The molecule has 122 valence electrons. The molecule has 0 aliphatic carbocycles. The van der Waals surface area contributed by atoms with Gasteiger partial charge in [0.05, 0.1) is 0 Å². The summed E-state index contributed by atoms with van der Waals surface area (Å²) in [6.07, 6.45) is 2.85. The van der Waals surface area contributed by atoms with E-state index in [0.717, 1.165) is 30.0 Å². The first-order valence-electron chi connectivity index (χ1n) is 8.19. The Bertz CT molecular complexity index is 636. The number of nitrogens with one attached hydrogen (secondary N) is 1. The van der Waals surface area contributed by atoms with E-state index >= 15 is 0 Å². The first-order valence-corrected chi connectivity index (χ1v) is 8.19. The summed E-state index contributed by atoms with van der Waals surface area (Å²) in [6, 6.07) is 11.9. The standard InChI is InChI=1S/C19H25N3O/c1-4-22(5-2)17-10-11-18(15(3)14-17)21-19(23)12-9-16-8-6-7-13-20-16/h6-8,10-11,13-14H,4-5,9,12H2,1-3H3,(H,21,23). The van der Waals surface area contributed by atoms with Gasteiger partial charge in [0.2, 0.25) is 5.91 Å². The smallest absolute Gasteiger partial charge is 0.224 e. The first-order chi connectivity index (χ1) is 11.1. The zero-order chi connectivity index (χ0) is 16.7. The van der Waals surface area contributed by atoms with Crippen molar-refractivity contribution in [1.82, 2.24) is 4.98 Å². The molecular weight excluding hydrogens is 286 g/mol. The number of hydrogen-bond acceptors (Lipinski definition) is 3. The molecular formula is C19H25N3O. The highest BCUT2D eigenvalue weighted by atomic mass is 16.1. The van der Waals surface area contributed by atoms with Crippen molar-refractivity contribution >= 4 is 17.3 Å². The Morgan fingerprint density at radius 2 is 1.96 bits per heavy atom. The molecule has 1 N–H and O–H groups in total. The first kappa shape index (κ1) is 17.0. The van der Waals surface area contributed by atoms with Gasteiger partial charge >= 0.3 is 0 Å². The van der Waals surface area contributed by atoms with E-state index in [1.54, 1.807) is 6.20 Å². The molecule has 1 aromatic carbocycles. The van der Waals surface area contributed by atoms with Gasteiger partial charge in [0, 0.05) is 42.8 Å². The van der Waals surface area contributed by atoms with E-state index < -0.39 is 0 Å². The van der Waals surface area contributed by atoms with Gasteiger partial charge in [0.25, 0.3) is 0 Å². The lowest BCUT2D eigenvalue weighted by atomic mass is 10.1. The fourth-order valence-corrected chi connectivity index (χ4v) is 2.57. The Kier molecular flexibility index (Phi) is 6.15. The molecule has 0 aliphatic heterocycles. The van der Waals surface area contributed by atoms with Crippen LogP contribution in [0.25, 0.3) is 0 Å². The van der Waals surface area contributed by atoms with Crippen molar-refractivity contribution in [1.29, 1.82) is 0 Å². The van der Waals surface area contributed by atoms with Crippen molar-refractivity contribution in [3.8, 4) is 0 Å². The maximum absolute atomic E-state index is 12.1. The second kappa shape index (κ2) is 8.32. The summed E-state index contributed by atoms with van der Waals surface area (Å²) in [6.45, 7) is 8.27. The third kappa shape index (κ3) is 4.81. The minimum Gasteiger partial charge on any atom is -0.372 e. The summed E-state index contributed by atoms with van der Waals surface area (Å²) in [4.78, 5) is 18.7. The molecule has 0 saturated heterocycles. The van der Waals surface area contributed by atoms with E-state index in [-0.39, 0.29) is 5.91 Å². The van der Waals surface area contributed by atoms with Crippen molar-refractivity contribution in [2.45, 2.75) is 33.6 Å². The van der Waals surface area contributed by atoms with Crippen molar-refractivity contribution < 1.29 is 4.79 Å². The predicted molar refractivity (Wildman–Crippen MR) is 95.9 cm³/mol. The van der Waals surface area contributed by atoms with Crippen molar-refractivity contribution in [3.05, 3.63) is 53.9 Å². The van der Waals surface area contributed by atoms with Crippen molar-refractivity contribution in [2.75, 3.05) is 23.3 Å². The molecule has 2 aromatic rings. The topological polar surface area (TPSA) is 45.2 Å². The van der Waals surface area contributed by atoms with Crippen LogP contribution in [0, 0.1) is 6.92 Å². The van der Waals surface area contributed by atoms with Crippen LogP contribution in [-0.2, 0) is 11.2 Å². The second-order valence-corrected chi connectivity index (χ2v) is 5.54. The number of carbonyl (C=O) groups excluding carboxylic acids is 1. The zero-order valence-electron chi connectivity index (χ0n) is 14.2. The van der Waals surface area contributed by atoms with E-state index in [4.69, 9.17) is 0 Å². The summed E-state index contributed by atoms with van der Waals surface area (Å²) in [7, 11) is 0. The van der Waals surface area contributed by atoms with Crippen LogP contribution in [0.2, 0.25) is 0 Å². The Balaban J connectivity index is 1.95. The minimum atomic E-state index is 0.0225. The molecule has 0 saturated carbocycles. The molecule has 4 heteroatoms. The molecule has 1 aromatic heterocycles. The summed E-state index contributed by atoms with van der Waals surface area (Å²) in [5.41, 5.74) is 4.10. The number of rotatable bonds is 7. The molecule has 0 bridgehead atoms. The number of nitrogens with zero attached hydrogens (tertiary/aromatic N) is 2. The number of carbonyl (C=O) groups is 1. The van der Waals surface area contributed by atoms with Gasteiger partial charge in [-0.25, -0.2) is 0 Å². The Morgan fingerprint density at radius 3 is 2.57 bits per heavy atom. The van der Waals surface area contributed by atoms with Gasteiger partial charge in [-0.1, -0.05) is 6.07 Å². The van der Waals surface area contributed by atoms with Gasteiger partial charge in [-0.2, -0.15) is 0 Å². The second-order valence-electron chi connectivity index (χ2n) is 5.54. The number of amides is 1. The lowest BCUT2D eigenvalue weighted by Crippen LogP contribution is -2.22. The Hall–Kier alpha value is -2.36. The quantitative estimate of drug-likeness (QED) is 0.846. The molecule has 0 aliphatic rings. The summed E-state index contributed by atoms with van der Waals surface area (Å²) < 4.78 is 0. The van der Waals surface area contributed by atoms with Crippen LogP contribution < -0.4 is 10.2 Å². The van der Waals surface area contributed by atoms with E-state index in [9.17, 15) is 4.79 Å². The van der Waals surface area contributed by atoms with Gasteiger partial charge in [0.1, 0.15) is 0 Å². The number of hydrogen-bond donors (Lipinski definition) is 1. The fraction of sp³-hybridized carbons (Fsp3) is 0.368. The molecule has 1 amide bonds. The van der Waals surface area contributed by atoms with Crippen LogP contribution in [0.5, 0.6) is 0 Å². The lowest BCUT2D eigenvalue weighted by Gasteiger charge is -2.22. The maximum atomic E-state index is 12.1. The molecule has 4 nitrogen and oxygen atoms in total. The average molecular weight is 311 g/mol. The normalized spacial score (nSPS) is 10.4. The zero-order valence-corrected chi connectivity index (χ0v) is 14.2. The Labute approximate surface area is 138 Å². The SMILES string of the molecule is CCN(CC)c1ccc(NC(=O)CCc2ccccn2)c(C)c1. The summed E-state index contributed by atoms with van der Waals surface area (Å²) in [5.74, 6) is 0.0225. The van der Waals surface area contributed by atoms with Gasteiger partial charge in [-0.3, -0.25) is 9.78 Å². The van der Waals surface area contributed by atoms with Crippen LogP contribution in [-0.4, -0.2) is 24.0 Å². The highest BCUT2D eigenvalue weighted by Gasteiger charge is 2.08. The molecule has 0 spiro atoms. The molecule has 0 radical (unpaired) electrons. The Morgan fingerprint density at radius 1 is 1.17 bits per heavy atom. The predicted octanol–water partition coefficient (Wildman–Crippen LogP) is 3.81. The molecule has 0 atom stereocenters. The molecule has 0 unspecified atom stereocenters. The number of anilines is 2. The summed E-state index contributed by atoms with van der Waals surface area (Å²) >= 11 is 0. The number of aryl methyl sites for hydroxylation is 2. The van der Waals surface area contributed by atoms with Gasteiger partial charge in [0.15, 0.2) is 0 Å². The van der Waals surface area contributed by atoms with E-state index in [1.807, 2.05) is 31.2 Å². The van der Waals surface area contributed by atoms with Crippen LogP contribution in [0.3, 0.4) is 0 Å². The molecule has 2 rings (SSSR count). The number of aromatic nitrogens is 1. The number of benzene rings is 1. The van der Waals surface area contributed by atoms with Crippen LogP contribution in [0.4, 0.5) is 11.4 Å². The molecule has 0 fully saturated rings. The fourth-order valence-electron chi connectivity index (χ4n) is 2.57. The molecule has 1 heterocycles. The van der Waals surface area contributed by atoms with E-state index in [0.29, 0.717) is 12.8 Å². The highest BCUT2D eigenvalue weighted by molar-refractivity contribution is 5.91. The number of pyridine rings is 1. The lowest BCUT2D eigenvalue weighted by molar-refractivity contribution is -0.116. The largest absolute Gasteiger partial charge is 0.372 e. The van der Waals surface area contributed by atoms with E-state index in [2.05, 4.69) is 41.2 Å². The van der Waals surface area contributed by atoms with Crippen LogP contribution in [0.1, 0.15) is 31.5 Å². The highest BCUT2D eigenvalue weighted by Crippen LogP contribution is 2.22. The van der Waals surface area contributed by atoms with Crippen molar-refractivity contribution in [2.24, 2.45) is 0 Å². The maximum Gasteiger partial charge on any atom is 0.224 e. The third-order valence-electron chi connectivity index (χ3n) is 3.95. The monoisotopic (exact) mass is 311 g/mol. The van der Waals surface area contributed by atoms with Crippen molar-refractivity contribution in [3.63, 3.8) is 0 Å². The van der Waals surface area contributed by atoms with Gasteiger partial charge < -0.3 is 10.2 Å².